The molecule has 2 aromatic rings. The Hall–Kier alpha value is -3.17. The summed E-state index contributed by atoms with van der Waals surface area (Å²) in [5.41, 5.74) is 2.52. The third-order valence-corrected chi connectivity index (χ3v) is 7.33. The van der Waals surface area contributed by atoms with Crippen LogP contribution in [0.25, 0.3) is 11.4 Å². The van der Waals surface area contributed by atoms with Crippen LogP contribution in [0.5, 0.6) is 5.75 Å². The number of hydrogen-bond donors (Lipinski definition) is 1. The summed E-state index contributed by atoms with van der Waals surface area (Å²) in [7, 11) is 3.58. The van der Waals surface area contributed by atoms with Crippen LogP contribution in [0.2, 0.25) is 0 Å². The zero-order valence-corrected chi connectivity index (χ0v) is 21.0. The Morgan fingerprint density at radius 2 is 2.06 bits per heavy atom. The van der Waals surface area contributed by atoms with Crippen LogP contribution >= 0.6 is 0 Å². The van der Waals surface area contributed by atoms with E-state index in [0.29, 0.717) is 28.5 Å². The number of amides is 1. The Morgan fingerprint density at radius 1 is 1.29 bits per heavy atom. The topological polar surface area (TPSA) is 120 Å². The minimum absolute atomic E-state index is 0.00310. The van der Waals surface area contributed by atoms with Crippen LogP contribution in [0.1, 0.15) is 69.7 Å². The summed E-state index contributed by atoms with van der Waals surface area (Å²) in [6.07, 6.45) is 6.33. The predicted octanol–water partition coefficient (Wildman–Crippen LogP) is 4.11. The zero-order valence-electron chi connectivity index (χ0n) is 21.0. The minimum Gasteiger partial charge on any atom is -0.489 e. The lowest BCUT2D eigenvalue weighted by Crippen LogP contribution is -2.39. The largest absolute Gasteiger partial charge is 0.489 e. The highest BCUT2D eigenvalue weighted by Crippen LogP contribution is 2.45. The Balaban J connectivity index is 1.40. The van der Waals surface area contributed by atoms with Crippen molar-refractivity contribution < 1.29 is 24.2 Å². The van der Waals surface area contributed by atoms with E-state index in [9.17, 15) is 9.59 Å². The molecule has 2 aromatic heterocycles. The fourth-order valence-corrected chi connectivity index (χ4v) is 5.07. The number of carbonyl (C=O) groups excluding carboxylic acids is 1. The van der Waals surface area contributed by atoms with Gasteiger partial charge in [0.1, 0.15) is 23.7 Å². The summed E-state index contributed by atoms with van der Waals surface area (Å²) in [5, 5.41) is 17.4. The average molecular weight is 486 g/mol. The van der Waals surface area contributed by atoms with Gasteiger partial charge in [0.05, 0.1) is 17.5 Å². The van der Waals surface area contributed by atoms with Gasteiger partial charge in [0.25, 0.3) is 0 Å². The van der Waals surface area contributed by atoms with Gasteiger partial charge in [0.2, 0.25) is 0 Å². The van der Waals surface area contributed by atoms with Gasteiger partial charge in [-0.3, -0.25) is 4.79 Å². The summed E-state index contributed by atoms with van der Waals surface area (Å²) >= 11 is 0. The Kier molecular flexibility index (Phi) is 7.28. The monoisotopic (exact) mass is 485 g/mol. The second-order valence-corrected chi connectivity index (χ2v) is 9.89. The first-order valence-corrected chi connectivity index (χ1v) is 12.4. The van der Waals surface area contributed by atoms with E-state index in [1.54, 1.807) is 16.6 Å². The van der Waals surface area contributed by atoms with Gasteiger partial charge in [-0.15, -0.1) is 5.10 Å². The van der Waals surface area contributed by atoms with Gasteiger partial charge < -0.3 is 19.5 Å². The number of aliphatic carboxylic acids is 1. The second kappa shape index (κ2) is 10.2. The molecule has 10 nitrogen and oxygen atoms in total. The Bertz CT molecular complexity index is 1080. The molecule has 0 unspecified atom stereocenters. The van der Waals surface area contributed by atoms with Gasteiger partial charge >= 0.3 is 12.1 Å². The minimum atomic E-state index is -0.761. The fourth-order valence-electron chi connectivity index (χ4n) is 5.07. The number of carboxylic acids is 1. The highest BCUT2D eigenvalue weighted by Gasteiger charge is 2.48. The molecule has 0 aromatic carbocycles. The maximum Gasteiger partial charge on any atom is 0.410 e. The molecule has 10 heteroatoms. The molecule has 0 radical (unpaired) electrons. The number of aromatic nitrogens is 4. The molecular weight excluding hydrogens is 450 g/mol. The lowest BCUT2D eigenvalue weighted by atomic mass is 10.0. The van der Waals surface area contributed by atoms with Crippen LogP contribution in [0.3, 0.4) is 0 Å². The van der Waals surface area contributed by atoms with Crippen molar-refractivity contribution in [2.24, 2.45) is 13.0 Å². The van der Waals surface area contributed by atoms with Crippen LogP contribution in [-0.2, 0) is 23.2 Å². The first kappa shape index (κ1) is 24.9. The van der Waals surface area contributed by atoms with Crippen molar-refractivity contribution in [2.45, 2.75) is 83.5 Å². The van der Waals surface area contributed by atoms with E-state index in [1.165, 1.54) is 0 Å². The molecule has 2 atom stereocenters. The molecule has 2 aliphatic carbocycles. The van der Waals surface area contributed by atoms with E-state index in [4.69, 9.17) is 14.6 Å². The first-order chi connectivity index (χ1) is 16.7. The number of nitrogens with zero attached hydrogens (tertiary/aromatic N) is 5. The number of pyridine rings is 1. The maximum absolute atomic E-state index is 12.7. The Morgan fingerprint density at radius 3 is 2.71 bits per heavy atom. The normalized spacial score (nSPS) is 20.5. The molecule has 2 fully saturated rings. The van der Waals surface area contributed by atoms with E-state index >= 15 is 0 Å². The van der Waals surface area contributed by atoms with Crippen molar-refractivity contribution >= 4 is 12.1 Å². The number of aryl methyl sites for hydroxylation is 2. The van der Waals surface area contributed by atoms with Crippen molar-refractivity contribution in [3.05, 3.63) is 23.5 Å². The highest BCUT2D eigenvalue weighted by atomic mass is 16.6. The molecule has 0 bridgehead atoms. The molecule has 1 N–H and O–H groups in total. The number of carboxylic acid groups (broad SMARTS) is 1. The lowest BCUT2D eigenvalue weighted by Gasteiger charge is -2.27. The summed E-state index contributed by atoms with van der Waals surface area (Å²) in [4.78, 5) is 30.1. The van der Waals surface area contributed by atoms with Crippen LogP contribution in [0, 0.1) is 12.8 Å². The average Bonchev–Trinajstić information content (AvgIpc) is 3.32. The molecule has 2 heterocycles. The molecule has 2 aliphatic rings. The van der Waals surface area contributed by atoms with Crippen LogP contribution in [0.4, 0.5) is 4.79 Å². The number of rotatable bonds is 10. The molecule has 4 rings (SSSR count). The summed E-state index contributed by atoms with van der Waals surface area (Å²) in [6.45, 7) is 4.05. The number of ether oxygens (including phenoxy) is 2. The van der Waals surface area contributed by atoms with E-state index in [2.05, 4.69) is 22.2 Å². The van der Waals surface area contributed by atoms with Gasteiger partial charge in [-0.1, -0.05) is 18.6 Å². The number of hydrogen-bond acceptors (Lipinski definition) is 7. The van der Waals surface area contributed by atoms with Crippen LogP contribution < -0.4 is 4.74 Å². The van der Waals surface area contributed by atoms with Gasteiger partial charge in [-0.2, -0.15) is 0 Å². The lowest BCUT2D eigenvalue weighted by molar-refractivity contribution is -0.138. The van der Waals surface area contributed by atoms with Crippen LogP contribution in [0.15, 0.2) is 12.1 Å². The van der Waals surface area contributed by atoms with Crippen molar-refractivity contribution in [2.75, 3.05) is 7.05 Å². The smallest absolute Gasteiger partial charge is 0.410 e. The van der Waals surface area contributed by atoms with E-state index in [1.807, 2.05) is 26.1 Å². The van der Waals surface area contributed by atoms with Gasteiger partial charge in [0, 0.05) is 26.1 Å². The van der Waals surface area contributed by atoms with Crippen molar-refractivity contribution in [3.63, 3.8) is 0 Å². The van der Waals surface area contributed by atoms with E-state index in [-0.39, 0.29) is 36.7 Å². The van der Waals surface area contributed by atoms with E-state index < -0.39 is 5.97 Å². The number of carbonyl (C=O) groups is 2. The molecule has 0 saturated heterocycles. The third kappa shape index (κ3) is 5.57. The second-order valence-electron chi connectivity index (χ2n) is 9.89. The van der Waals surface area contributed by atoms with Gasteiger partial charge in [0.15, 0.2) is 0 Å². The van der Waals surface area contributed by atoms with E-state index in [0.717, 1.165) is 44.9 Å². The molecule has 2 saturated carbocycles. The molecule has 190 valence electrons. The molecule has 1 amide bonds. The molecule has 35 heavy (non-hydrogen) atoms. The highest BCUT2D eigenvalue weighted by molar-refractivity contribution is 5.69. The van der Waals surface area contributed by atoms with Crippen molar-refractivity contribution in [3.8, 4) is 17.1 Å². The maximum atomic E-state index is 12.7. The SMILES string of the molecule is CCCC1(N(C)C(=O)OCc2c(-c3ccc(O[C@@H]4CC[C@@H](CC(=O)O)C4)c(C)n3)nnn2C)CC1. The standard InChI is InChI=1S/C25H35N5O5/c1-5-10-25(11-12-25)29(3)24(33)34-15-20-23(27-28-30(20)4)19-8-9-21(16(2)26-19)35-18-7-6-17(13-18)14-22(31)32/h8-9,17-18H,5-7,10-15H2,1-4H3,(H,31,32)/t17-,18-/m1/s1. The summed E-state index contributed by atoms with van der Waals surface area (Å²) in [6, 6.07) is 3.69. The predicted molar refractivity (Wildman–Crippen MR) is 128 cm³/mol. The third-order valence-electron chi connectivity index (χ3n) is 7.33. The molecule has 0 aliphatic heterocycles. The molecule has 0 spiro atoms. The first-order valence-electron chi connectivity index (χ1n) is 12.4. The van der Waals surface area contributed by atoms with Gasteiger partial charge in [-0.05, 0) is 63.5 Å². The molecular formula is C25H35N5O5. The summed E-state index contributed by atoms with van der Waals surface area (Å²) < 4.78 is 13.4. The quantitative estimate of drug-likeness (QED) is 0.534. The Labute approximate surface area is 205 Å². The zero-order chi connectivity index (χ0) is 25.2. The fraction of sp³-hybridized carbons (Fsp3) is 0.640. The van der Waals surface area contributed by atoms with Crippen molar-refractivity contribution in [1.82, 2.24) is 24.9 Å². The van der Waals surface area contributed by atoms with Crippen molar-refractivity contribution in [1.29, 1.82) is 0 Å². The van der Waals surface area contributed by atoms with Gasteiger partial charge in [-0.25, -0.2) is 14.5 Å². The summed E-state index contributed by atoms with van der Waals surface area (Å²) in [5.74, 6) is 0.0764. The van der Waals surface area contributed by atoms with Crippen LogP contribution in [-0.4, -0.2) is 60.7 Å².